The Labute approximate surface area is 114 Å². The first kappa shape index (κ1) is 15.0. The summed E-state index contributed by atoms with van der Waals surface area (Å²) in [6, 6.07) is 7.58. The lowest BCUT2D eigenvalue weighted by Gasteiger charge is -2.05. The summed E-state index contributed by atoms with van der Waals surface area (Å²) in [7, 11) is 0. The van der Waals surface area contributed by atoms with Crippen molar-refractivity contribution in [2.24, 2.45) is 0 Å². The average Bonchev–Trinajstić information content (AvgIpc) is 2.43. The standard InChI is InChI=1S/C16H20O3/c1-3-5-6-13-19-15-10-7-14(8-11-15)9-12-16(17)18-4-2/h3,7-12H,1,4-6,13H2,2H3. The lowest BCUT2D eigenvalue weighted by molar-refractivity contribution is -0.137. The molecule has 3 heteroatoms. The minimum Gasteiger partial charge on any atom is -0.494 e. The van der Waals surface area contributed by atoms with E-state index in [1.165, 1.54) is 6.08 Å². The number of benzene rings is 1. The smallest absolute Gasteiger partial charge is 0.330 e. The molecule has 1 aromatic carbocycles. The van der Waals surface area contributed by atoms with E-state index in [4.69, 9.17) is 9.47 Å². The van der Waals surface area contributed by atoms with Gasteiger partial charge in [-0.05, 0) is 43.5 Å². The molecule has 0 aromatic heterocycles. The third-order valence-corrected chi connectivity index (χ3v) is 2.40. The highest BCUT2D eigenvalue weighted by Gasteiger charge is 1.96. The molecule has 0 atom stereocenters. The van der Waals surface area contributed by atoms with Gasteiger partial charge >= 0.3 is 5.97 Å². The normalized spacial score (nSPS) is 10.4. The van der Waals surface area contributed by atoms with Gasteiger partial charge in [0.25, 0.3) is 0 Å². The zero-order valence-corrected chi connectivity index (χ0v) is 11.3. The van der Waals surface area contributed by atoms with E-state index in [1.807, 2.05) is 30.3 Å². The number of allylic oxidation sites excluding steroid dienone is 1. The van der Waals surface area contributed by atoms with Gasteiger partial charge in [-0.15, -0.1) is 6.58 Å². The molecule has 1 rings (SSSR count). The van der Waals surface area contributed by atoms with Gasteiger partial charge in [0.2, 0.25) is 0 Å². The number of ether oxygens (including phenoxy) is 2. The van der Waals surface area contributed by atoms with Crippen LogP contribution < -0.4 is 4.74 Å². The molecule has 0 aliphatic heterocycles. The number of rotatable bonds is 8. The largest absolute Gasteiger partial charge is 0.494 e. The van der Waals surface area contributed by atoms with E-state index in [0.29, 0.717) is 13.2 Å². The maximum absolute atomic E-state index is 11.1. The minimum atomic E-state index is -0.327. The second-order valence-corrected chi connectivity index (χ2v) is 3.93. The molecule has 102 valence electrons. The van der Waals surface area contributed by atoms with Gasteiger partial charge in [-0.25, -0.2) is 4.79 Å². The molecular weight excluding hydrogens is 240 g/mol. The monoisotopic (exact) mass is 260 g/mol. The molecule has 0 aliphatic carbocycles. The summed E-state index contributed by atoms with van der Waals surface area (Å²) in [5, 5.41) is 0. The summed E-state index contributed by atoms with van der Waals surface area (Å²) in [4.78, 5) is 11.1. The number of hydrogen-bond donors (Lipinski definition) is 0. The minimum absolute atomic E-state index is 0.327. The molecule has 0 spiro atoms. The topological polar surface area (TPSA) is 35.5 Å². The van der Waals surface area contributed by atoms with Crippen molar-refractivity contribution in [1.29, 1.82) is 0 Å². The Morgan fingerprint density at radius 3 is 2.68 bits per heavy atom. The van der Waals surface area contributed by atoms with Crippen molar-refractivity contribution in [1.82, 2.24) is 0 Å². The van der Waals surface area contributed by atoms with Crippen LogP contribution in [0, 0.1) is 0 Å². The van der Waals surface area contributed by atoms with Gasteiger partial charge in [0.15, 0.2) is 0 Å². The van der Waals surface area contributed by atoms with Crippen molar-refractivity contribution in [2.45, 2.75) is 19.8 Å². The van der Waals surface area contributed by atoms with E-state index < -0.39 is 0 Å². The van der Waals surface area contributed by atoms with Crippen LogP contribution in [-0.2, 0) is 9.53 Å². The lowest BCUT2D eigenvalue weighted by atomic mass is 10.2. The zero-order chi connectivity index (χ0) is 13.9. The lowest BCUT2D eigenvalue weighted by Crippen LogP contribution is -1.98. The molecule has 0 saturated carbocycles. The molecule has 0 aliphatic rings. The number of unbranched alkanes of at least 4 members (excludes halogenated alkanes) is 1. The Kier molecular flexibility index (Phi) is 7.10. The van der Waals surface area contributed by atoms with Crippen LogP contribution >= 0.6 is 0 Å². The summed E-state index contributed by atoms with van der Waals surface area (Å²) in [5.41, 5.74) is 0.937. The van der Waals surface area contributed by atoms with Crippen molar-refractivity contribution < 1.29 is 14.3 Å². The maximum Gasteiger partial charge on any atom is 0.330 e. The number of hydrogen-bond acceptors (Lipinski definition) is 3. The molecular formula is C16H20O3. The molecule has 19 heavy (non-hydrogen) atoms. The first-order valence-corrected chi connectivity index (χ1v) is 6.45. The second-order valence-electron chi connectivity index (χ2n) is 3.93. The quantitative estimate of drug-likeness (QED) is 0.310. The van der Waals surface area contributed by atoms with Gasteiger partial charge in [0, 0.05) is 6.08 Å². The van der Waals surface area contributed by atoms with Gasteiger partial charge in [-0.3, -0.25) is 0 Å². The van der Waals surface area contributed by atoms with E-state index in [2.05, 4.69) is 6.58 Å². The average molecular weight is 260 g/mol. The molecule has 0 bridgehead atoms. The Morgan fingerprint density at radius 1 is 1.32 bits per heavy atom. The fraction of sp³-hybridized carbons (Fsp3) is 0.312. The van der Waals surface area contributed by atoms with Crippen LogP contribution in [0.25, 0.3) is 6.08 Å². The van der Waals surface area contributed by atoms with Crippen molar-refractivity contribution in [3.63, 3.8) is 0 Å². The first-order valence-electron chi connectivity index (χ1n) is 6.45. The van der Waals surface area contributed by atoms with E-state index in [1.54, 1.807) is 13.0 Å². The third-order valence-electron chi connectivity index (χ3n) is 2.40. The fourth-order valence-electron chi connectivity index (χ4n) is 1.45. The van der Waals surface area contributed by atoms with E-state index in [0.717, 1.165) is 24.2 Å². The highest BCUT2D eigenvalue weighted by Crippen LogP contribution is 2.13. The van der Waals surface area contributed by atoms with Gasteiger partial charge in [-0.2, -0.15) is 0 Å². The molecule has 0 saturated heterocycles. The van der Waals surface area contributed by atoms with Crippen LogP contribution in [0.1, 0.15) is 25.3 Å². The van der Waals surface area contributed by atoms with Crippen molar-refractivity contribution in [3.05, 3.63) is 48.6 Å². The van der Waals surface area contributed by atoms with Crippen LogP contribution in [0.15, 0.2) is 43.0 Å². The highest BCUT2D eigenvalue weighted by molar-refractivity contribution is 5.87. The van der Waals surface area contributed by atoms with Crippen molar-refractivity contribution in [2.75, 3.05) is 13.2 Å². The summed E-state index contributed by atoms with van der Waals surface area (Å²) in [6.45, 7) is 6.52. The Hall–Kier alpha value is -2.03. The molecule has 1 aromatic rings. The van der Waals surface area contributed by atoms with Gasteiger partial charge in [-0.1, -0.05) is 18.2 Å². The Balaban J connectivity index is 2.42. The second kappa shape index (κ2) is 8.97. The van der Waals surface area contributed by atoms with Crippen LogP contribution in [0.5, 0.6) is 5.75 Å². The molecule has 3 nitrogen and oxygen atoms in total. The molecule has 0 N–H and O–H groups in total. The summed E-state index contributed by atoms with van der Waals surface area (Å²) < 4.78 is 10.4. The molecule has 0 heterocycles. The molecule has 0 unspecified atom stereocenters. The van der Waals surface area contributed by atoms with Crippen molar-refractivity contribution in [3.8, 4) is 5.75 Å². The Bertz CT molecular complexity index is 418. The van der Waals surface area contributed by atoms with E-state index in [9.17, 15) is 4.79 Å². The highest BCUT2D eigenvalue weighted by atomic mass is 16.5. The first-order chi connectivity index (χ1) is 9.26. The number of carbonyl (C=O) groups excluding carboxylic acids is 1. The van der Waals surface area contributed by atoms with E-state index in [-0.39, 0.29) is 5.97 Å². The predicted molar refractivity (Wildman–Crippen MR) is 77.0 cm³/mol. The Morgan fingerprint density at radius 2 is 2.05 bits per heavy atom. The molecule has 0 amide bonds. The van der Waals surface area contributed by atoms with Crippen LogP contribution in [0.2, 0.25) is 0 Å². The van der Waals surface area contributed by atoms with Gasteiger partial charge in [0.1, 0.15) is 5.75 Å². The molecule has 0 fully saturated rings. The molecule has 0 radical (unpaired) electrons. The summed E-state index contributed by atoms with van der Waals surface area (Å²) in [5.74, 6) is 0.504. The van der Waals surface area contributed by atoms with Crippen LogP contribution in [-0.4, -0.2) is 19.2 Å². The van der Waals surface area contributed by atoms with Crippen LogP contribution in [0.4, 0.5) is 0 Å². The fourth-order valence-corrected chi connectivity index (χ4v) is 1.45. The number of carbonyl (C=O) groups is 1. The van der Waals surface area contributed by atoms with Crippen LogP contribution in [0.3, 0.4) is 0 Å². The van der Waals surface area contributed by atoms with Gasteiger partial charge < -0.3 is 9.47 Å². The summed E-state index contributed by atoms with van der Waals surface area (Å²) in [6.07, 6.45) is 6.95. The zero-order valence-electron chi connectivity index (χ0n) is 11.3. The van der Waals surface area contributed by atoms with E-state index >= 15 is 0 Å². The predicted octanol–water partition coefficient (Wildman–Crippen LogP) is 3.61. The third kappa shape index (κ3) is 6.46. The summed E-state index contributed by atoms with van der Waals surface area (Å²) >= 11 is 0. The SMILES string of the molecule is C=CCCCOc1ccc(C=CC(=O)OCC)cc1. The number of esters is 1. The maximum atomic E-state index is 11.1. The van der Waals surface area contributed by atoms with Gasteiger partial charge in [0.05, 0.1) is 13.2 Å². The van der Waals surface area contributed by atoms with Crippen molar-refractivity contribution >= 4 is 12.0 Å².